The fraction of sp³-hybridized carbons (Fsp3) is 0.294. The zero-order chi connectivity index (χ0) is 16.8. The number of halogens is 1. The molecule has 6 heteroatoms. The van der Waals surface area contributed by atoms with Crippen LogP contribution in [0.5, 0.6) is 5.75 Å². The quantitative estimate of drug-likeness (QED) is 0.779. The summed E-state index contributed by atoms with van der Waals surface area (Å²) in [6.45, 7) is 4.00. The number of rotatable bonds is 6. The molecule has 1 heterocycles. The van der Waals surface area contributed by atoms with Crippen molar-refractivity contribution in [2.75, 3.05) is 12.4 Å². The SMILES string of the molecule is COc1ccc(NC(=O)C(Sc2ncccc2Cl)C(C)C)cc1. The van der Waals surface area contributed by atoms with Gasteiger partial charge in [0.15, 0.2) is 0 Å². The molecule has 1 N–H and O–H groups in total. The molecule has 122 valence electrons. The van der Waals surface area contributed by atoms with E-state index in [1.54, 1.807) is 25.4 Å². The number of anilines is 1. The van der Waals surface area contributed by atoms with Crippen LogP contribution in [-0.2, 0) is 4.79 Å². The van der Waals surface area contributed by atoms with Crippen LogP contribution >= 0.6 is 23.4 Å². The zero-order valence-electron chi connectivity index (χ0n) is 13.2. The van der Waals surface area contributed by atoms with E-state index in [4.69, 9.17) is 16.3 Å². The molecule has 1 aromatic carbocycles. The van der Waals surface area contributed by atoms with Gasteiger partial charge in [0, 0.05) is 11.9 Å². The van der Waals surface area contributed by atoms with Crippen LogP contribution < -0.4 is 10.1 Å². The minimum absolute atomic E-state index is 0.0723. The minimum Gasteiger partial charge on any atom is -0.497 e. The Morgan fingerprint density at radius 1 is 1.26 bits per heavy atom. The second-order valence-electron chi connectivity index (χ2n) is 5.29. The Kier molecular flexibility index (Phi) is 6.30. The first-order valence-electron chi connectivity index (χ1n) is 7.23. The molecule has 1 unspecified atom stereocenters. The number of amides is 1. The summed E-state index contributed by atoms with van der Waals surface area (Å²) >= 11 is 7.52. The van der Waals surface area contributed by atoms with E-state index in [0.717, 1.165) is 11.4 Å². The number of ether oxygens (including phenoxy) is 1. The van der Waals surface area contributed by atoms with Gasteiger partial charge in [-0.05, 0) is 42.3 Å². The van der Waals surface area contributed by atoms with Crippen molar-refractivity contribution in [1.29, 1.82) is 0 Å². The van der Waals surface area contributed by atoms with E-state index in [1.807, 2.05) is 38.1 Å². The summed E-state index contributed by atoms with van der Waals surface area (Å²) in [5.74, 6) is 0.811. The standard InChI is InChI=1S/C17H19ClN2O2S/c1-11(2)15(23-17-14(18)5-4-10-19-17)16(21)20-12-6-8-13(22-3)9-7-12/h4-11,15H,1-3H3,(H,20,21). The smallest absolute Gasteiger partial charge is 0.238 e. The highest BCUT2D eigenvalue weighted by atomic mass is 35.5. The number of carbonyl (C=O) groups excluding carboxylic acids is 1. The monoisotopic (exact) mass is 350 g/mol. The molecule has 0 saturated heterocycles. The van der Waals surface area contributed by atoms with Crippen molar-refractivity contribution >= 4 is 35.0 Å². The second kappa shape index (κ2) is 8.22. The molecular formula is C17H19ClN2O2S. The van der Waals surface area contributed by atoms with E-state index in [1.165, 1.54) is 11.8 Å². The highest BCUT2D eigenvalue weighted by Crippen LogP contribution is 2.32. The number of hydrogen-bond acceptors (Lipinski definition) is 4. The van der Waals surface area contributed by atoms with Gasteiger partial charge in [0.25, 0.3) is 0 Å². The maximum atomic E-state index is 12.6. The summed E-state index contributed by atoms with van der Waals surface area (Å²) in [7, 11) is 1.61. The van der Waals surface area contributed by atoms with E-state index in [0.29, 0.717) is 10.0 Å². The number of aromatic nitrogens is 1. The van der Waals surface area contributed by atoms with Crippen LogP contribution in [0.25, 0.3) is 0 Å². The number of nitrogens with zero attached hydrogens (tertiary/aromatic N) is 1. The third-order valence-corrected chi connectivity index (χ3v) is 5.16. The molecule has 2 rings (SSSR count). The fourth-order valence-electron chi connectivity index (χ4n) is 1.96. The molecule has 2 aromatic rings. The Bertz CT molecular complexity index is 662. The van der Waals surface area contributed by atoms with Crippen LogP contribution in [-0.4, -0.2) is 23.3 Å². The predicted molar refractivity (Wildman–Crippen MR) is 95.4 cm³/mol. The molecule has 1 aromatic heterocycles. The van der Waals surface area contributed by atoms with Gasteiger partial charge in [-0.3, -0.25) is 4.79 Å². The van der Waals surface area contributed by atoms with Crippen LogP contribution in [0.15, 0.2) is 47.6 Å². The molecular weight excluding hydrogens is 332 g/mol. The first-order valence-corrected chi connectivity index (χ1v) is 8.49. The van der Waals surface area contributed by atoms with Crippen LogP contribution in [0.4, 0.5) is 5.69 Å². The van der Waals surface area contributed by atoms with Gasteiger partial charge in [-0.2, -0.15) is 0 Å². The molecule has 23 heavy (non-hydrogen) atoms. The van der Waals surface area contributed by atoms with Crippen molar-refractivity contribution < 1.29 is 9.53 Å². The number of methoxy groups -OCH3 is 1. The summed E-state index contributed by atoms with van der Waals surface area (Å²) in [5.41, 5.74) is 0.731. The minimum atomic E-state index is -0.287. The van der Waals surface area contributed by atoms with E-state index in [9.17, 15) is 4.79 Å². The predicted octanol–water partition coefficient (Wildman–Crippen LogP) is 4.50. The molecule has 1 amide bonds. The maximum absolute atomic E-state index is 12.6. The number of carbonyl (C=O) groups is 1. The van der Waals surface area contributed by atoms with Gasteiger partial charge in [-0.15, -0.1) is 0 Å². The van der Waals surface area contributed by atoms with Crippen molar-refractivity contribution in [3.8, 4) is 5.75 Å². The summed E-state index contributed by atoms with van der Waals surface area (Å²) in [6.07, 6.45) is 1.67. The average Bonchev–Trinajstić information content (AvgIpc) is 2.54. The Morgan fingerprint density at radius 3 is 2.52 bits per heavy atom. The first kappa shape index (κ1) is 17.6. The Balaban J connectivity index is 2.10. The molecule has 0 spiro atoms. The van der Waals surface area contributed by atoms with Gasteiger partial charge >= 0.3 is 0 Å². The summed E-state index contributed by atoms with van der Waals surface area (Å²) in [5, 5.41) is 3.86. The number of benzene rings is 1. The average molecular weight is 351 g/mol. The lowest BCUT2D eigenvalue weighted by Gasteiger charge is -2.20. The molecule has 0 aliphatic heterocycles. The summed E-state index contributed by atoms with van der Waals surface area (Å²) < 4.78 is 5.11. The lowest BCUT2D eigenvalue weighted by atomic mass is 10.1. The molecule has 0 aliphatic rings. The number of nitrogens with one attached hydrogen (secondary N) is 1. The molecule has 0 aliphatic carbocycles. The highest BCUT2D eigenvalue weighted by molar-refractivity contribution is 8.00. The van der Waals surface area contributed by atoms with Crippen LogP contribution in [0.2, 0.25) is 5.02 Å². The van der Waals surface area contributed by atoms with Crippen molar-refractivity contribution in [3.63, 3.8) is 0 Å². The number of hydrogen-bond donors (Lipinski definition) is 1. The molecule has 1 atom stereocenters. The molecule has 0 saturated carbocycles. The molecule has 0 fully saturated rings. The summed E-state index contributed by atoms with van der Waals surface area (Å²) in [4.78, 5) is 16.8. The van der Waals surface area contributed by atoms with Crippen molar-refractivity contribution in [3.05, 3.63) is 47.6 Å². The third kappa shape index (κ3) is 4.88. The largest absolute Gasteiger partial charge is 0.497 e. The molecule has 0 bridgehead atoms. The highest BCUT2D eigenvalue weighted by Gasteiger charge is 2.25. The Hall–Kier alpha value is -1.72. The van der Waals surface area contributed by atoms with E-state index >= 15 is 0 Å². The van der Waals surface area contributed by atoms with Gasteiger partial charge in [0.1, 0.15) is 10.8 Å². The van der Waals surface area contributed by atoms with Crippen molar-refractivity contribution in [2.45, 2.75) is 24.1 Å². The van der Waals surface area contributed by atoms with Gasteiger partial charge in [0.05, 0.1) is 17.4 Å². The number of pyridine rings is 1. The molecule has 0 radical (unpaired) electrons. The lowest BCUT2D eigenvalue weighted by Crippen LogP contribution is -2.29. The van der Waals surface area contributed by atoms with Crippen molar-refractivity contribution in [2.24, 2.45) is 5.92 Å². The molecule has 4 nitrogen and oxygen atoms in total. The van der Waals surface area contributed by atoms with E-state index in [-0.39, 0.29) is 17.1 Å². The normalized spacial score (nSPS) is 12.0. The Morgan fingerprint density at radius 2 is 1.96 bits per heavy atom. The van der Waals surface area contributed by atoms with Gasteiger partial charge < -0.3 is 10.1 Å². The van der Waals surface area contributed by atoms with Crippen molar-refractivity contribution in [1.82, 2.24) is 4.98 Å². The zero-order valence-corrected chi connectivity index (χ0v) is 14.8. The van der Waals surface area contributed by atoms with Gasteiger partial charge in [0.2, 0.25) is 5.91 Å². The topological polar surface area (TPSA) is 51.2 Å². The summed E-state index contributed by atoms with van der Waals surface area (Å²) in [6, 6.07) is 10.8. The Labute approximate surface area is 145 Å². The maximum Gasteiger partial charge on any atom is 0.238 e. The second-order valence-corrected chi connectivity index (χ2v) is 6.83. The van der Waals surface area contributed by atoms with Gasteiger partial charge in [-0.1, -0.05) is 37.2 Å². The number of thioether (sulfide) groups is 1. The van der Waals surface area contributed by atoms with E-state index in [2.05, 4.69) is 10.3 Å². The lowest BCUT2D eigenvalue weighted by molar-refractivity contribution is -0.116. The van der Waals surface area contributed by atoms with E-state index < -0.39 is 0 Å². The first-order chi connectivity index (χ1) is 11.0. The van der Waals surface area contributed by atoms with Crippen LogP contribution in [0, 0.1) is 5.92 Å². The van der Waals surface area contributed by atoms with Gasteiger partial charge in [-0.25, -0.2) is 4.98 Å². The van der Waals surface area contributed by atoms with Crippen LogP contribution in [0.3, 0.4) is 0 Å². The van der Waals surface area contributed by atoms with Crippen LogP contribution in [0.1, 0.15) is 13.8 Å². The fourth-order valence-corrected chi connectivity index (χ4v) is 3.19. The third-order valence-electron chi connectivity index (χ3n) is 3.18.